The van der Waals surface area contributed by atoms with Crippen LogP contribution >= 0.6 is 0 Å². The number of azide groups is 1. The molecule has 0 amide bonds. The van der Waals surface area contributed by atoms with Crippen LogP contribution < -0.4 is 5.76 Å². The molecule has 94 valence electrons. The molecule has 1 unspecified atom stereocenters. The number of fused-ring (bicyclic) bond motifs is 1. The highest BCUT2D eigenvalue weighted by Crippen LogP contribution is 2.21. The predicted octanol–water partition coefficient (Wildman–Crippen LogP) is 2.25. The average molecular weight is 248 g/mol. The first kappa shape index (κ1) is 12.2. The fraction of sp³-hybridized carbons (Fsp3) is 0.364. The first-order chi connectivity index (χ1) is 8.70. The Morgan fingerprint density at radius 2 is 2.39 bits per heavy atom. The van der Waals surface area contributed by atoms with Gasteiger partial charge in [-0.3, -0.25) is 4.98 Å². The highest BCUT2D eigenvalue weighted by atomic mass is 16.4. The largest absolute Gasteiger partial charge is 0.417 e. The van der Waals surface area contributed by atoms with Crippen molar-refractivity contribution in [2.24, 2.45) is 5.11 Å². The lowest BCUT2D eigenvalue weighted by atomic mass is 10.0. The fourth-order valence-electron chi connectivity index (χ4n) is 1.74. The Bertz CT molecular complexity index is 639. The Morgan fingerprint density at radius 1 is 1.56 bits per heavy atom. The summed E-state index contributed by atoms with van der Waals surface area (Å²) in [6, 6.07) is 5.05. The summed E-state index contributed by atoms with van der Waals surface area (Å²) in [5.74, 6) is -0.514. The van der Waals surface area contributed by atoms with Crippen molar-refractivity contribution in [1.82, 2.24) is 4.98 Å². The van der Waals surface area contributed by atoms with Gasteiger partial charge in [-0.2, -0.15) is 0 Å². The van der Waals surface area contributed by atoms with Crippen LogP contribution in [0.5, 0.6) is 0 Å². The van der Waals surface area contributed by atoms with Gasteiger partial charge in [-0.1, -0.05) is 11.2 Å². The quantitative estimate of drug-likeness (QED) is 0.366. The fourth-order valence-corrected chi connectivity index (χ4v) is 1.74. The molecule has 0 spiro atoms. The number of hydrogen-bond acceptors (Lipinski definition) is 4. The smallest absolute Gasteiger partial charge is 0.408 e. The normalized spacial score (nSPS) is 12.3. The molecule has 0 saturated carbocycles. The Morgan fingerprint density at radius 3 is 3.17 bits per heavy atom. The second kappa shape index (κ2) is 5.39. The number of H-pyrrole nitrogens is 1. The zero-order valence-corrected chi connectivity index (χ0v) is 9.54. The zero-order valence-electron chi connectivity index (χ0n) is 9.54. The highest BCUT2D eigenvalue weighted by molar-refractivity contribution is 5.72. The van der Waals surface area contributed by atoms with Gasteiger partial charge in [0, 0.05) is 11.5 Å². The standard InChI is InChI=1S/C11H12N4O3/c12-15-13-5-1-2-9(16)7-3-4-8-10(6-7)18-11(17)14-8/h3-4,6,9,16H,1-2,5H2,(H,14,17). The molecule has 0 aliphatic carbocycles. The van der Waals surface area contributed by atoms with E-state index in [2.05, 4.69) is 15.0 Å². The number of rotatable bonds is 5. The maximum absolute atomic E-state index is 11.0. The predicted molar refractivity (Wildman–Crippen MR) is 65.0 cm³/mol. The Balaban J connectivity index is 2.09. The van der Waals surface area contributed by atoms with E-state index in [1.807, 2.05) is 0 Å². The minimum Gasteiger partial charge on any atom is -0.408 e. The van der Waals surface area contributed by atoms with Crippen molar-refractivity contribution in [3.05, 3.63) is 44.8 Å². The monoisotopic (exact) mass is 248 g/mol. The van der Waals surface area contributed by atoms with Gasteiger partial charge in [-0.05, 0) is 36.1 Å². The summed E-state index contributed by atoms with van der Waals surface area (Å²) >= 11 is 0. The summed E-state index contributed by atoms with van der Waals surface area (Å²) in [5.41, 5.74) is 9.82. The van der Waals surface area contributed by atoms with E-state index in [9.17, 15) is 9.90 Å². The van der Waals surface area contributed by atoms with E-state index in [1.54, 1.807) is 18.2 Å². The van der Waals surface area contributed by atoms with Crippen molar-refractivity contribution in [2.45, 2.75) is 18.9 Å². The molecule has 2 rings (SSSR count). The summed E-state index contributed by atoms with van der Waals surface area (Å²) in [7, 11) is 0. The van der Waals surface area contributed by atoms with Crippen LogP contribution in [0.1, 0.15) is 24.5 Å². The first-order valence-corrected chi connectivity index (χ1v) is 5.52. The number of aliphatic hydroxyl groups is 1. The van der Waals surface area contributed by atoms with E-state index in [4.69, 9.17) is 9.95 Å². The molecule has 0 bridgehead atoms. The summed E-state index contributed by atoms with van der Waals surface area (Å²) in [6.07, 6.45) is 0.419. The summed E-state index contributed by atoms with van der Waals surface area (Å²) in [4.78, 5) is 16.1. The van der Waals surface area contributed by atoms with Gasteiger partial charge in [0.25, 0.3) is 0 Å². The third-order valence-electron chi connectivity index (χ3n) is 2.63. The van der Waals surface area contributed by atoms with Crippen LogP contribution in [-0.4, -0.2) is 16.6 Å². The molecule has 1 aromatic carbocycles. The number of nitrogens with zero attached hydrogens (tertiary/aromatic N) is 3. The van der Waals surface area contributed by atoms with E-state index < -0.39 is 11.9 Å². The van der Waals surface area contributed by atoms with Crippen LogP contribution in [0, 0.1) is 0 Å². The van der Waals surface area contributed by atoms with E-state index in [0.29, 0.717) is 36.0 Å². The second-order valence-corrected chi connectivity index (χ2v) is 3.88. The number of oxazole rings is 1. The molecule has 18 heavy (non-hydrogen) atoms. The third kappa shape index (κ3) is 2.71. The molecule has 1 heterocycles. The van der Waals surface area contributed by atoms with Crippen molar-refractivity contribution >= 4 is 11.1 Å². The molecule has 7 nitrogen and oxygen atoms in total. The summed E-state index contributed by atoms with van der Waals surface area (Å²) in [6.45, 7) is 0.356. The van der Waals surface area contributed by atoms with E-state index in [1.165, 1.54) is 0 Å². The van der Waals surface area contributed by atoms with Gasteiger partial charge in [-0.25, -0.2) is 4.79 Å². The van der Waals surface area contributed by atoms with Crippen molar-refractivity contribution in [3.63, 3.8) is 0 Å². The number of hydrogen-bond donors (Lipinski definition) is 2. The molecule has 0 radical (unpaired) electrons. The van der Waals surface area contributed by atoms with Crippen molar-refractivity contribution in [3.8, 4) is 0 Å². The molecule has 2 aromatic rings. The number of nitrogens with one attached hydrogen (secondary N) is 1. The average Bonchev–Trinajstić information content (AvgIpc) is 2.73. The molecule has 7 heteroatoms. The van der Waals surface area contributed by atoms with E-state index in [0.717, 1.165) is 0 Å². The molecule has 0 saturated heterocycles. The van der Waals surface area contributed by atoms with Crippen molar-refractivity contribution < 1.29 is 9.52 Å². The minimum absolute atomic E-state index is 0.356. The Kier molecular flexibility index (Phi) is 3.66. The highest BCUT2D eigenvalue weighted by Gasteiger charge is 2.09. The van der Waals surface area contributed by atoms with Gasteiger partial charge in [0.1, 0.15) is 0 Å². The topological polar surface area (TPSA) is 115 Å². The van der Waals surface area contributed by atoms with Gasteiger partial charge in [-0.15, -0.1) is 0 Å². The maximum atomic E-state index is 11.0. The zero-order chi connectivity index (χ0) is 13.0. The van der Waals surface area contributed by atoms with Gasteiger partial charge in [0.05, 0.1) is 11.6 Å². The SMILES string of the molecule is [N-]=[N+]=NCCCC(O)c1ccc2[nH]c(=O)oc2c1. The van der Waals surface area contributed by atoms with Crippen molar-refractivity contribution in [1.29, 1.82) is 0 Å². The molecule has 1 atom stereocenters. The molecular formula is C11H12N4O3. The van der Waals surface area contributed by atoms with Gasteiger partial charge in [0.15, 0.2) is 5.58 Å². The van der Waals surface area contributed by atoms with E-state index in [-0.39, 0.29) is 0 Å². The molecule has 0 aliphatic heterocycles. The number of aromatic nitrogens is 1. The summed E-state index contributed by atoms with van der Waals surface area (Å²) < 4.78 is 4.91. The molecule has 2 N–H and O–H groups in total. The Labute approximate surface area is 102 Å². The van der Waals surface area contributed by atoms with Gasteiger partial charge >= 0.3 is 5.76 Å². The first-order valence-electron chi connectivity index (χ1n) is 5.52. The Hall–Kier alpha value is -2.24. The van der Waals surface area contributed by atoms with Crippen LogP contribution in [0.3, 0.4) is 0 Å². The maximum Gasteiger partial charge on any atom is 0.417 e. The molecule has 1 aromatic heterocycles. The van der Waals surface area contributed by atoms with Crippen LogP contribution in [0.15, 0.2) is 32.5 Å². The summed E-state index contributed by atoms with van der Waals surface area (Å²) in [5, 5.41) is 13.3. The number of aromatic amines is 1. The lowest BCUT2D eigenvalue weighted by molar-refractivity contribution is 0.165. The third-order valence-corrected chi connectivity index (χ3v) is 2.63. The van der Waals surface area contributed by atoms with Crippen LogP contribution in [-0.2, 0) is 0 Å². The molecule has 0 aliphatic rings. The molecular weight excluding hydrogens is 236 g/mol. The number of aliphatic hydroxyl groups excluding tert-OH is 1. The van der Waals surface area contributed by atoms with Crippen LogP contribution in [0.4, 0.5) is 0 Å². The van der Waals surface area contributed by atoms with Crippen molar-refractivity contribution in [2.75, 3.05) is 6.54 Å². The second-order valence-electron chi connectivity index (χ2n) is 3.88. The lowest BCUT2D eigenvalue weighted by Crippen LogP contribution is -1.98. The number of benzene rings is 1. The van der Waals surface area contributed by atoms with E-state index >= 15 is 0 Å². The van der Waals surface area contributed by atoms with Gasteiger partial charge < -0.3 is 9.52 Å². The lowest BCUT2D eigenvalue weighted by Gasteiger charge is -2.09. The van der Waals surface area contributed by atoms with Gasteiger partial charge in [0.2, 0.25) is 0 Å². The van der Waals surface area contributed by atoms with Crippen LogP contribution in [0.2, 0.25) is 0 Å². The molecule has 0 fully saturated rings. The minimum atomic E-state index is -0.663. The van der Waals surface area contributed by atoms with Crippen LogP contribution in [0.25, 0.3) is 21.5 Å².